The van der Waals surface area contributed by atoms with Gasteiger partial charge < -0.3 is 67.6 Å². The number of hydrogen-bond acceptors (Lipinski definition) is 17. The summed E-state index contributed by atoms with van der Waals surface area (Å²) in [5.41, 5.74) is -1.50. The van der Waals surface area contributed by atoms with Crippen molar-refractivity contribution >= 4 is 24.2 Å². The number of methoxy groups -OCH3 is 1. The van der Waals surface area contributed by atoms with Gasteiger partial charge in [0.25, 0.3) is 0 Å². The van der Waals surface area contributed by atoms with Crippen molar-refractivity contribution in [2.24, 2.45) is 17.8 Å². The molecule has 0 radical (unpaired) electrons. The molecule has 4 aliphatic heterocycles. The lowest BCUT2D eigenvalue weighted by Crippen LogP contribution is -2.66. The summed E-state index contributed by atoms with van der Waals surface area (Å²) < 4.78 is 54.7. The van der Waals surface area contributed by atoms with E-state index in [1.807, 2.05) is 20.8 Å². The lowest BCUT2D eigenvalue weighted by atomic mass is 9.82. The molecule has 17 nitrogen and oxygen atoms in total. The van der Waals surface area contributed by atoms with Gasteiger partial charge in [-0.25, -0.2) is 0 Å². The molecule has 18 unspecified atom stereocenters. The monoisotopic (exact) mass is 857 g/mol. The highest BCUT2D eigenvalue weighted by molar-refractivity contribution is 5.72. The van der Waals surface area contributed by atoms with Crippen LogP contribution in [0.25, 0.3) is 0 Å². The van der Waals surface area contributed by atoms with E-state index in [4.69, 9.17) is 42.6 Å². The lowest BCUT2D eigenvalue weighted by Gasteiger charge is -2.50. The normalized spacial score (nSPS) is 41.9. The molecule has 0 amide bonds. The van der Waals surface area contributed by atoms with Crippen LogP contribution < -0.4 is 0 Å². The Kier molecular flexibility index (Phi) is 18.5. The zero-order valence-electron chi connectivity index (χ0n) is 37.2. The molecule has 3 N–H and O–H groups in total. The molecule has 0 aliphatic carbocycles. The molecule has 0 aromatic rings. The minimum absolute atomic E-state index is 0.00559. The van der Waals surface area contributed by atoms with Crippen LogP contribution in [0.1, 0.15) is 100 Å². The second kappa shape index (κ2) is 22.2. The maximum Gasteiger partial charge on any atom is 0.309 e. The highest BCUT2D eigenvalue weighted by atomic mass is 16.7. The van der Waals surface area contributed by atoms with Gasteiger partial charge in [0.2, 0.25) is 0 Å². The fourth-order valence-corrected chi connectivity index (χ4v) is 8.66. The first-order valence-electron chi connectivity index (χ1n) is 21.4. The molecule has 3 saturated heterocycles. The number of carbonyl (C=O) groups excluding carboxylic acids is 4. The number of likely N-dealkylation sites (N-methyl/N-ethyl adjacent to an activating group) is 1. The first-order chi connectivity index (χ1) is 28.2. The maximum atomic E-state index is 13.4. The highest BCUT2D eigenvalue weighted by Crippen LogP contribution is 2.38. The van der Waals surface area contributed by atoms with Crippen molar-refractivity contribution in [2.45, 2.75) is 198 Å². The molecule has 344 valence electrons. The summed E-state index contributed by atoms with van der Waals surface area (Å²) >= 11 is 0. The van der Waals surface area contributed by atoms with Crippen molar-refractivity contribution in [3.8, 4) is 0 Å². The van der Waals surface area contributed by atoms with Gasteiger partial charge >= 0.3 is 17.9 Å². The van der Waals surface area contributed by atoms with E-state index in [9.17, 15) is 34.5 Å². The van der Waals surface area contributed by atoms with Crippen LogP contribution in [0, 0.1) is 17.8 Å². The second-order valence-corrected chi connectivity index (χ2v) is 17.9. The SMILES string of the molecule is CCC(=O)OC1CC(=O)OC(C)CC2OC2C=CC(O)C(C)CC(CC=O)C(OC2OC(C)C(OC3CC(C)(O)C(OC(=O)CC(C)C)C(C)O3)C(N(C)C)C2O)C1OC. The van der Waals surface area contributed by atoms with Crippen molar-refractivity contribution in [1.82, 2.24) is 4.90 Å². The van der Waals surface area contributed by atoms with Crippen LogP contribution in [-0.2, 0) is 61.8 Å². The summed E-state index contributed by atoms with van der Waals surface area (Å²) in [6.45, 7) is 14.0. The van der Waals surface area contributed by atoms with Crippen LogP contribution in [-0.4, -0.2) is 163 Å². The number of nitrogens with zero attached hydrogens (tertiary/aromatic N) is 1. The van der Waals surface area contributed by atoms with Crippen molar-refractivity contribution in [3.63, 3.8) is 0 Å². The number of ether oxygens (including phenoxy) is 9. The van der Waals surface area contributed by atoms with Crippen molar-refractivity contribution in [2.75, 3.05) is 21.2 Å². The van der Waals surface area contributed by atoms with Crippen molar-refractivity contribution < 1.29 is 77.1 Å². The molecule has 0 spiro atoms. The third-order valence-electron chi connectivity index (χ3n) is 11.8. The number of aliphatic hydroxyl groups excluding tert-OH is 2. The smallest absolute Gasteiger partial charge is 0.309 e. The molecule has 17 heteroatoms. The Morgan fingerprint density at radius 3 is 2.27 bits per heavy atom. The number of aliphatic hydroxyl groups is 3. The first-order valence-corrected chi connectivity index (χ1v) is 21.4. The number of rotatable bonds is 13. The predicted octanol–water partition coefficient (Wildman–Crippen LogP) is 2.61. The van der Waals surface area contributed by atoms with E-state index in [1.165, 1.54) is 7.11 Å². The number of fused-ring (bicyclic) bond motifs is 1. The molecule has 0 bridgehead atoms. The van der Waals surface area contributed by atoms with Gasteiger partial charge in [-0.3, -0.25) is 14.4 Å². The molecule has 0 aromatic heterocycles. The van der Waals surface area contributed by atoms with E-state index < -0.39 is 121 Å². The Morgan fingerprint density at radius 2 is 1.67 bits per heavy atom. The van der Waals surface area contributed by atoms with Gasteiger partial charge in [0.1, 0.15) is 48.5 Å². The van der Waals surface area contributed by atoms with Gasteiger partial charge in [-0.2, -0.15) is 0 Å². The lowest BCUT2D eigenvalue weighted by molar-refractivity contribution is -0.344. The Labute approximate surface area is 354 Å². The van der Waals surface area contributed by atoms with Crippen LogP contribution in [0.4, 0.5) is 0 Å². The number of carbonyl (C=O) groups is 4. The van der Waals surface area contributed by atoms with E-state index in [0.717, 1.165) is 6.29 Å². The Bertz CT molecular complexity index is 1440. The van der Waals surface area contributed by atoms with E-state index in [1.54, 1.807) is 65.8 Å². The van der Waals surface area contributed by atoms with Gasteiger partial charge in [-0.1, -0.05) is 39.8 Å². The molecule has 0 aromatic carbocycles. The van der Waals surface area contributed by atoms with Gasteiger partial charge in [0, 0.05) is 39.2 Å². The summed E-state index contributed by atoms with van der Waals surface area (Å²) in [6, 6.07) is -0.787. The molecule has 4 aliphatic rings. The largest absolute Gasteiger partial charge is 0.462 e. The molecule has 4 heterocycles. The van der Waals surface area contributed by atoms with Crippen LogP contribution in [0.3, 0.4) is 0 Å². The first kappa shape index (κ1) is 50.1. The van der Waals surface area contributed by atoms with Gasteiger partial charge in [0.05, 0.1) is 43.0 Å². The topological polar surface area (TPSA) is 219 Å². The minimum Gasteiger partial charge on any atom is -0.462 e. The molecular weight excluding hydrogens is 786 g/mol. The fourth-order valence-electron chi connectivity index (χ4n) is 8.66. The maximum absolute atomic E-state index is 13.4. The summed E-state index contributed by atoms with van der Waals surface area (Å²) in [5.74, 6) is -2.76. The molecule has 60 heavy (non-hydrogen) atoms. The third kappa shape index (κ3) is 13.5. The molecule has 4 rings (SSSR count). The third-order valence-corrected chi connectivity index (χ3v) is 11.8. The number of cyclic esters (lactones) is 1. The zero-order valence-corrected chi connectivity index (χ0v) is 37.2. The minimum atomic E-state index is -1.50. The summed E-state index contributed by atoms with van der Waals surface area (Å²) in [4.78, 5) is 53.0. The summed E-state index contributed by atoms with van der Waals surface area (Å²) in [7, 11) is 4.87. The average Bonchev–Trinajstić information content (AvgIpc) is 3.89. The standard InChI is InChI=1S/C43H71NO16/c1-12-32(47)57-31-20-34(49)53-24(5)19-30-29(56-30)14-13-28(46)23(4)18-27(15-16-45)39(40(31)52-11)60-42-37(50)36(44(9)10)38(25(6)55-42)59-35-21-43(8,51)41(26(7)54-35)58-33(48)17-22(2)3/h13-14,16,22-31,35-42,46,50-51H,12,15,17-21H2,1-11H3. The highest BCUT2D eigenvalue weighted by Gasteiger charge is 2.53. The van der Waals surface area contributed by atoms with E-state index >= 15 is 0 Å². The second-order valence-electron chi connectivity index (χ2n) is 17.9. The number of esters is 3. The van der Waals surface area contributed by atoms with Crippen LogP contribution >= 0.6 is 0 Å². The number of hydrogen-bond donors (Lipinski definition) is 3. The van der Waals surface area contributed by atoms with E-state index in [0.29, 0.717) is 6.42 Å². The van der Waals surface area contributed by atoms with E-state index in [2.05, 4.69) is 0 Å². The number of aldehydes is 1. The summed E-state index contributed by atoms with van der Waals surface area (Å²) in [6.07, 6.45) is -8.08. The fraction of sp³-hybridized carbons (Fsp3) is 0.860. The van der Waals surface area contributed by atoms with E-state index in [-0.39, 0.29) is 50.2 Å². The summed E-state index contributed by atoms with van der Waals surface area (Å²) in [5, 5.41) is 34.8. The van der Waals surface area contributed by atoms with Gasteiger partial charge in [-0.15, -0.1) is 0 Å². The molecule has 18 atom stereocenters. The average molecular weight is 858 g/mol. The Hall–Kier alpha value is -2.58. The van der Waals surface area contributed by atoms with Crippen molar-refractivity contribution in [3.05, 3.63) is 12.2 Å². The Balaban J connectivity index is 1.65. The quantitative estimate of drug-likeness (QED) is 0.0797. The molecule has 3 fully saturated rings. The zero-order chi connectivity index (χ0) is 44.6. The van der Waals surface area contributed by atoms with Crippen LogP contribution in [0.15, 0.2) is 12.2 Å². The van der Waals surface area contributed by atoms with Gasteiger partial charge in [-0.05, 0) is 66.0 Å². The molecule has 0 saturated carbocycles. The predicted molar refractivity (Wildman–Crippen MR) is 214 cm³/mol. The van der Waals surface area contributed by atoms with Gasteiger partial charge in [0.15, 0.2) is 18.7 Å². The molecular formula is C43H71NO16. The number of epoxide rings is 1. The van der Waals surface area contributed by atoms with Crippen LogP contribution in [0.5, 0.6) is 0 Å². The van der Waals surface area contributed by atoms with Crippen LogP contribution in [0.2, 0.25) is 0 Å². The Morgan fingerprint density at radius 1 is 0.967 bits per heavy atom. The van der Waals surface area contributed by atoms with Crippen molar-refractivity contribution in [1.29, 1.82) is 0 Å².